The van der Waals surface area contributed by atoms with Crippen LogP contribution < -0.4 is 4.90 Å². The number of esters is 1. The number of anilines is 1. The van der Waals surface area contributed by atoms with Gasteiger partial charge in [0.1, 0.15) is 0 Å². The molecule has 1 aliphatic rings. The number of ether oxygens (including phenoxy) is 1. The van der Waals surface area contributed by atoms with E-state index in [1.807, 2.05) is 65.6 Å². The fourth-order valence-corrected chi connectivity index (χ4v) is 5.44. The Bertz CT molecular complexity index is 1250. The van der Waals surface area contributed by atoms with Crippen molar-refractivity contribution in [2.24, 2.45) is 5.92 Å². The zero-order valence-electron chi connectivity index (χ0n) is 20.7. The molecule has 4 rings (SSSR count). The van der Waals surface area contributed by atoms with Crippen molar-refractivity contribution in [3.8, 4) is 10.4 Å². The van der Waals surface area contributed by atoms with Crippen LogP contribution in [-0.2, 0) is 20.9 Å². The van der Waals surface area contributed by atoms with Crippen LogP contribution in [0.3, 0.4) is 0 Å². The minimum atomic E-state index is -0.420. The van der Waals surface area contributed by atoms with Crippen LogP contribution in [0, 0.1) is 5.92 Å². The van der Waals surface area contributed by atoms with Crippen molar-refractivity contribution in [1.29, 1.82) is 0 Å². The molecule has 0 bridgehead atoms. The van der Waals surface area contributed by atoms with Crippen molar-refractivity contribution >= 4 is 40.8 Å². The maximum absolute atomic E-state index is 13.7. The molecule has 1 aromatic heterocycles. The molecule has 6 heteroatoms. The first-order valence-corrected chi connectivity index (χ1v) is 13.1. The lowest BCUT2D eigenvalue weighted by molar-refractivity contribution is -0.134. The second kappa shape index (κ2) is 12.0. The molecule has 186 valence electrons. The van der Waals surface area contributed by atoms with Crippen LogP contribution in [0.2, 0.25) is 0 Å². The summed E-state index contributed by atoms with van der Waals surface area (Å²) in [6.07, 6.45) is 8.29. The van der Waals surface area contributed by atoms with Gasteiger partial charge >= 0.3 is 5.97 Å². The first-order chi connectivity index (χ1) is 17.4. The summed E-state index contributed by atoms with van der Waals surface area (Å²) in [6.45, 7) is 2.04. The number of ketones is 1. The number of methoxy groups -OCH3 is 1. The summed E-state index contributed by atoms with van der Waals surface area (Å²) in [4.78, 5) is 40.5. The minimum absolute atomic E-state index is 0.0309. The van der Waals surface area contributed by atoms with Crippen molar-refractivity contribution < 1.29 is 19.1 Å². The van der Waals surface area contributed by atoms with E-state index < -0.39 is 5.97 Å². The van der Waals surface area contributed by atoms with Crippen LogP contribution in [0.15, 0.2) is 66.7 Å². The second-order valence-corrected chi connectivity index (χ2v) is 10.2. The van der Waals surface area contributed by atoms with Gasteiger partial charge in [0, 0.05) is 22.6 Å². The Morgan fingerprint density at radius 2 is 1.75 bits per heavy atom. The molecule has 0 aliphatic heterocycles. The number of nitrogens with zero attached hydrogens (tertiary/aromatic N) is 1. The Hall–Kier alpha value is -3.51. The normalized spacial score (nSPS) is 14.1. The zero-order valence-corrected chi connectivity index (χ0v) is 21.6. The van der Waals surface area contributed by atoms with Crippen LogP contribution in [0.5, 0.6) is 0 Å². The van der Waals surface area contributed by atoms with Gasteiger partial charge in [-0.2, -0.15) is 0 Å². The van der Waals surface area contributed by atoms with Crippen molar-refractivity contribution in [2.45, 2.75) is 45.6 Å². The lowest BCUT2D eigenvalue weighted by Crippen LogP contribution is -2.36. The molecule has 0 N–H and O–H groups in total. The maximum atomic E-state index is 13.7. The van der Waals surface area contributed by atoms with Gasteiger partial charge in [-0.05, 0) is 66.8 Å². The molecule has 0 spiro atoms. The SMILES string of the molecule is COC(=O)/C=C/c1cccc(N(Cc2ccc(-c3ccc(C(C)=O)s3)cc2)C(=O)C2CCCCC2)c1. The van der Waals surface area contributed by atoms with E-state index in [0.717, 1.165) is 57.8 Å². The molecule has 3 aromatic rings. The lowest BCUT2D eigenvalue weighted by Gasteiger charge is -2.30. The molecule has 2 aromatic carbocycles. The first kappa shape index (κ1) is 25.6. The highest BCUT2D eigenvalue weighted by Gasteiger charge is 2.27. The summed E-state index contributed by atoms with van der Waals surface area (Å²) in [5, 5.41) is 0. The molecule has 0 atom stereocenters. The van der Waals surface area contributed by atoms with Crippen LogP contribution in [0.25, 0.3) is 16.5 Å². The third-order valence-corrected chi connectivity index (χ3v) is 7.78. The predicted molar refractivity (Wildman–Crippen MR) is 145 cm³/mol. The second-order valence-electron chi connectivity index (χ2n) is 9.13. The highest BCUT2D eigenvalue weighted by Crippen LogP contribution is 2.31. The summed E-state index contributed by atoms with van der Waals surface area (Å²) >= 11 is 1.49. The summed E-state index contributed by atoms with van der Waals surface area (Å²) in [5.74, 6) is -0.166. The fraction of sp³-hybridized carbons (Fsp3) is 0.300. The molecule has 0 saturated heterocycles. The Kier molecular flexibility index (Phi) is 8.49. The van der Waals surface area contributed by atoms with Crippen molar-refractivity contribution in [1.82, 2.24) is 0 Å². The minimum Gasteiger partial charge on any atom is -0.466 e. The maximum Gasteiger partial charge on any atom is 0.330 e. The van der Waals surface area contributed by atoms with E-state index in [9.17, 15) is 14.4 Å². The van der Waals surface area contributed by atoms with Crippen LogP contribution in [-0.4, -0.2) is 24.8 Å². The standard InChI is InChI=1S/C30H31NO4S/c1-21(32)27-16-17-28(36-27)24-14-11-23(12-15-24)20-31(30(34)25-8-4-3-5-9-25)26-10-6-7-22(19-26)13-18-29(33)35-2/h6-7,10-19,25H,3-5,8-9,20H2,1-2H3/b18-13+. The summed E-state index contributed by atoms with van der Waals surface area (Å²) in [6, 6.07) is 19.7. The van der Waals surface area contributed by atoms with Crippen LogP contribution in [0.1, 0.15) is 59.8 Å². The van der Waals surface area contributed by atoms with Gasteiger partial charge in [-0.3, -0.25) is 9.59 Å². The van der Waals surface area contributed by atoms with Gasteiger partial charge in [-0.1, -0.05) is 55.7 Å². The summed E-state index contributed by atoms with van der Waals surface area (Å²) < 4.78 is 4.69. The van der Waals surface area contributed by atoms with E-state index in [1.165, 1.54) is 30.9 Å². The van der Waals surface area contributed by atoms with E-state index >= 15 is 0 Å². The van der Waals surface area contributed by atoms with Crippen LogP contribution in [0.4, 0.5) is 5.69 Å². The van der Waals surface area contributed by atoms with E-state index in [-0.39, 0.29) is 17.6 Å². The predicted octanol–water partition coefficient (Wildman–Crippen LogP) is 6.92. The molecule has 1 saturated carbocycles. The molecule has 1 aliphatic carbocycles. The average molecular weight is 502 g/mol. The topological polar surface area (TPSA) is 63.7 Å². The molecule has 0 unspecified atom stereocenters. The number of hydrogen-bond donors (Lipinski definition) is 0. The number of hydrogen-bond acceptors (Lipinski definition) is 5. The largest absolute Gasteiger partial charge is 0.466 e. The third-order valence-electron chi connectivity index (χ3n) is 6.55. The third kappa shape index (κ3) is 6.38. The van der Waals surface area contributed by atoms with Gasteiger partial charge in [0.05, 0.1) is 18.5 Å². The van der Waals surface area contributed by atoms with Gasteiger partial charge in [-0.15, -0.1) is 11.3 Å². The lowest BCUT2D eigenvalue weighted by atomic mass is 9.88. The van der Waals surface area contributed by atoms with Gasteiger partial charge in [0.2, 0.25) is 5.91 Å². The number of benzene rings is 2. The molecule has 1 amide bonds. The zero-order chi connectivity index (χ0) is 25.5. The number of carbonyl (C=O) groups excluding carboxylic acids is 3. The van der Waals surface area contributed by atoms with E-state index in [2.05, 4.69) is 0 Å². The van der Waals surface area contributed by atoms with E-state index in [4.69, 9.17) is 4.74 Å². The molecule has 1 heterocycles. The number of thiophene rings is 1. The molecule has 36 heavy (non-hydrogen) atoms. The summed E-state index contributed by atoms with van der Waals surface area (Å²) in [7, 11) is 1.35. The monoisotopic (exact) mass is 501 g/mol. The van der Waals surface area contributed by atoms with Crippen LogP contribution >= 0.6 is 11.3 Å². The number of Topliss-reactive ketones (excluding diaryl/α,β-unsaturated/α-hetero) is 1. The Balaban J connectivity index is 1.59. The smallest absolute Gasteiger partial charge is 0.330 e. The highest BCUT2D eigenvalue weighted by molar-refractivity contribution is 7.17. The molecule has 1 fully saturated rings. The molecular weight excluding hydrogens is 470 g/mol. The molecular formula is C30H31NO4S. The van der Waals surface area contributed by atoms with Crippen molar-refractivity contribution in [3.05, 3.63) is 82.7 Å². The number of amides is 1. The van der Waals surface area contributed by atoms with E-state index in [0.29, 0.717) is 6.54 Å². The quantitative estimate of drug-likeness (QED) is 0.191. The van der Waals surface area contributed by atoms with Gasteiger partial charge in [0.25, 0.3) is 0 Å². The number of rotatable bonds is 8. The summed E-state index contributed by atoms with van der Waals surface area (Å²) in [5.41, 5.74) is 3.72. The van der Waals surface area contributed by atoms with E-state index in [1.54, 1.807) is 13.0 Å². The van der Waals surface area contributed by atoms with Gasteiger partial charge in [-0.25, -0.2) is 4.79 Å². The van der Waals surface area contributed by atoms with Gasteiger partial charge in [0.15, 0.2) is 5.78 Å². The van der Waals surface area contributed by atoms with Gasteiger partial charge < -0.3 is 9.64 Å². The molecule has 5 nitrogen and oxygen atoms in total. The highest BCUT2D eigenvalue weighted by atomic mass is 32.1. The Labute approximate surface area is 216 Å². The van der Waals surface area contributed by atoms with Crippen molar-refractivity contribution in [2.75, 3.05) is 12.0 Å². The Morgan fingerprint density at radius 1 is 1.00 bits per heavy atom. The first-order valence-electron chi connectivity index (χ1n) is 12.3. The number of carbonyl (C=O) groups is 3. The molecule has 0 radical (unpaired) electrons. The fourth-order valence-electron chi connectivity index (χ4n) is 4.53. The van der Waals surface area contributed by atoms with Crippen molar-refractivity contribution in [3.63, 3.8) is 0 Å². The average Bonchev–Trinajstić information content (AvgIpc) is 3.42. The Morgan fingerprint density at radius 3 is 2.42 bits per heavy atom.